The predicted molar refractivity (Wildman–Crippen MR) is 132 cm³/mol. The van der Waals surface area contributed by atoms with E-state index in [2.05, 4.69) is 38.0 Å². The molecule has 0 saturated heterocycles. The van der Waals surface area contributed by atoms with E-state index >= 15 is 0 Å². The molecule has 0 heterocycles. The zero-order valence-corrected chi connectivity index (χ0v) is 23.1. The summed E-state index contributed by atoms with van der Waals surface area (Å²) in [4.78, 5) is 4.23. The Hall–Kier alpha value is 0.894. The minimum atomic E-state index is -0.0606. The minimum Gasteiger partial charge on any atom is -0.359 e. The summed E-state index contributed by atoms with van der Waals surface area (Å²) in [5.74, 6) is 2.56. The Morgan fingerprint density at radius 2 is 1.07 bits per heavy atom. The van der Waals surface area contributed by atoms with Gasteiger partial charge in [-0.15, -0.1) is 0 Å². The van der Waals surface area contributed by atoms with Crippen molar-refractivity contribution < 1.29 is 18.9 Å². The van der Waals surface area contributed by atoms with E-state index in [9.17, 15) is 0 Å². The summed E-state index contributed by atoms with van der Waals surface area (Å²) in [7, 11) is 12.2. The standard InChI is InChI=1S/C18H44N2O4S2Si2/c1-19(2)7-9-21-15-23-17-27-13-5-11-25-26-12-6-14-28-18-24-16-22-10-8-20(3)4/h5-18,27-28H2,1-4H3. The second-order valence-corrected chi connectivity index (χ2v) is 13.6. The molecule has 0 aromatic heterocycles. The van der Waals surface area contributed by atoms with Gasteiger partial charge in [0.05, 0.1) is 32.3 Å². The molecule has 0 atom stereocenters. The van der Waals surface area contributed by atoms with Crippen molar-refractivity contribution in [2.24, 2.45) is 0 Å². The van der Waals surface area contributed by atoms with Crippen molar-refractivity contribution >= 4 is 40.6 Å². The number of hydrogen-bond donors (Lipinski definition) is 0. The summed E-state index contributed by atoms with van der Waals surface area (Å²) in [6.07, 6.45) is 4.58. The average Bonchev–Trinajstić information content (AvgIpc) is 2.65. The Morgan fingerprint density at radius 3 is 1.46 bits per heavy atom. The molecule has 6 nitrogen and oxygen atoms in total. The third kappa shape index (κ3) is 26.9. The molecular formula is C18H44N2O4S2Si2. The second kappa shape index (κ2) is 24.2. The molecule has 0 amide bonds. The molecule has 0 fully saturated rings. The summed E-state index contributed by atoms with van der Waals surface area (Å²) in [6, 6.07) is 2.76. The van der Waals surface area contributed by atoms with E-state index in [1.165, 1.54) is 36.4 Å². The first-order valence-corrected chi connectivity index (χ1v) is 17.0. The van der Waals surface area contributed by atoms with Gasteiger partial charge in [0.1, 0.15) is 13.6 Å². The molecule has 0 aliphatic heterocycles. The summed E-state index contributed by atoms with van der Waals surface area (Å²) in [5, 5.41) is 0. The molecule has 10 heteroatoms. The first-order chi connectivity index (χ1) is 13.6. The Bertz CT molecular complexity index is 283. The summed E-state index contributed by atoms with van der Waals surface area (Å²) >= 11 is 0. The van der Waals surface area contributed by atoms with Crippen molar-refractivity contribution in [1.29, 1.82) is 0 Å². The highest BCUT2D eigenvalue weighted by atomic mass is 33.1. The molecule has 0 aromatic rings. The van der Waals surface area contributed by atoms with Crippen LogP contribution in [0.15, 0.2) is 0 Å². The zero-order chi connectivity index (χ0) is 20.7. The van der Waals surface area contributed by atoms with Crippen molar-refractivity contribution in [3.05, 3.63) is 0 Å². The molecule has 28 heavy (non-hydrogen) atoms. The van der Waals surface area contributed by atoms with Gasteiger partial charge in [0.2, 0.25) is 0 Å². The largest absolute Gasteiger partial charge is 0.359 e. The normalized spacial score (nSPS) is 12.6. The highest BCUT2D eigenvalue weighted by Gasteiger charge is 1.97. The SMILES string of the molecule is CN(C)CCOCOC[SiH2]CCCSSCCC[SiH2]COCOCCN(C)C. The molecule has 170 valence electrons. The lowest BCUT2D eigenvalue weighted by molar-refractivity contribution is -0.0418. The molecule has 0 radical (unpaired) electrons. The topological polar surface area (TPSA) is 43.4 Å². The van der Waals surface area contributed by atoms with Crippen LogP contribution in [-0.2, 0) is 18.9 Å². The average molecular weight is 473 g/mol. The number of nitrogens with zero attached hydrogens (tertiary/aromatic N) is 2. The maximum Gasteiger partial charge on any atom is 0.146 e. The third-order valence-electron chi connectivity index (χ3n) is 3.82. The van der Waals surface area contributed by atoms with E-state index in [1.807, 2.05) is 21.6 Å². The molecule has 0 saturated carbocycles. The molecule has 0 spiro atoms. The fraction of sp³-hybridized carbons (Fsp3) is 1.00. The van der Waals surface area contributed by atoms with Crippen LogP contribution in [0, 0.1) is 0 Å². The van der Waals surface area contributed by atoms with Crippen LogP contribution in [0.25, 0.3) is 0 Å². The highest BCUT2D eigenvalue weighted by Crippen LogP contribution is 2.23. The van der Waals surface area contributed by atoms with Crippen LogP contribution in [0.1, 0.15) is 12.8 Å². The number of ether oxygens (including phenoxy) is 4. The van der Waals surface area contributed by atoms with Gasteiger partial charge in [-0.2, -0.15) is 0 Å². The monoisotopic (exact) mass is 472 g/mol. The lowest BCUT2D eigenvalue weighted by Crippen LogP contribution is -2.19. The van der Waals surface area contributed by atoms with Gasteiger partial charge in [0.25, 0.3) is 0 Å². The van der Waals surface area contributed by atoms with Gasteiger partial charge in [0, 0.05) is 37.1 Å². The predicted octanol–water partition coefficient (Wildman–Crippen LogP) is 1.34. The van der Waals surface area contributed by atoms with Gasteiger partial charge in [-0.3, -0.25) is 0 Å². The van der Waals surface area contributed by atoms with E-state index in [0.717, 1.165) is 38.8 Å². The Labute approximate surface area is 186 Å². The van der Waals surface area contributed by atoms with E-state index in [0.29, 0.717) is 13.6 Å². The van der Waals surface area contributed by atoms with Gasteiger partial charge in [0.15, 0.2) is 0 Å². The first kappa shape index (κ1) is 28.9. The molecule has 0 aliphatic rings. The Kier molecular flexibility index (Phi) is 24.9. The fourth-order valence-corrected chi connectivity index (χ4v) is 7.33. The van der Waals surface area contributed by atoms with E-state index < -0.39 is 0 Å². The molecule has 0 rings (SSSR count). The van der Waals surface area contributed by atoms with Crippen molar-refractivity contribution in [2.45, 2.75) is 24.9 Å². The van der Waals surface area contributed by atoms with Gasteiger partial charge < -0.3 is 28.7 Å². The molecular weight excluding hydrogens is 429 g/mol. The maximum atomic E-state index is 5.54. The third-order valence-corrected chi connectivity index (χ3v) is 9.55. The van der Waals surface area contributed by atoms with Gasteiger partial charge >= 0.3 is 0 Å². The number of hydrogen-bond acceptors (Lipinski definition) is 8. The Balaban J connectivity index is 3.00. The van der Waals surface area contributed by atoms with Gasteiger partial charge in [-0.05, 0) is 41.0 Å². The van der Waals surface area contributed by atoms with Crippen molar-refractivity contribution in [3.8, 4) is 0 Å². The van der Waals surface area contributed by atoms with Crippen LogP contribution >= 0.6 is 21.6 Å². The molecule has 0 aliphatic carbocycles. The first-order valence-electron chi connectivity index (χ1n) is 10.5. The lowest BCUT2D eigenvalue weighted by atomic mass is 10.6. The molecule has 0 N–H and O–H groups in total. The summed E-state index contributed by atoms with van der Waals surface area (Å²) < 4.78 is 21.9. The van der Waals surface area contributed by atoms with Crippen LogP contribution < -0.4 is 0 Å². The maximum absolute atomic E-state index is 5.54. The van der Waals surface area contributed by atoms with Gasteiger partial charge in [-0.25, -0.2) is 0 Å². The second-order valence-electron chi connectivity index (χ2n) is 7.24. The fourth-order valence-electron chi connectivity index (χ4n) is 2.05. The smallest absolute Gasteiger partial charge is 0.146 e. The van der Waals surface area contributed by atoms with Crippen molar-refractivity contribution in [2.75, 3.05) is 92.0 Å². The highest BCUT2D eigenvalue weighted by molar-refractivity contribution is 8.76. The van der Waals surface area contributed by atoms with Gasteiger partial charge in [-0.1, -0.05) is 33.7 Å². The number of rotatable bonds is 23. The quantitative estimate of drug-likeness (QED) is 0.0955. The van der Waals surface area contributed by atoms with E-state index in [1.54, 1.807) is 0 Å². The molecule has 0 bridgehead atoms. The van der Waals surface area contributed by atoms with Crippen LogP contribution in [0.5, 0.6) is 0 Å². The van der Waals surface area contributed by atoms with Crippen LogP contribution in [0.2, 0.25) is 12.1 Å². The van der Waals surface area contributed by atoms with Crippen LogP contribution in [0.4, 0.5) is 0 Å². The molecule has 0 unspecified atom stereocenters. The summed E-state index contributed by atoms with van der Waals surface area (Å²) in [6.45, 7) is 4.34. The van der Waals surface area contributed by atoms with E-state index in [4.69, 9.17) is 18.9 Å². The molecule has 0 aromatic carbocycles. The Morgan fingerprint density at radius 1 is 0.643 bits per heavy atom. The van der Waals surface area contributed by atoms with Crippen LogP contribution in [0.3, 0.4) is 0 Å². The number of likely N-dealkylation sites (N-methyl/N-ethyl adjacent to an activating group) is 2. The zero-order valence-electron chi connectivity index (χ0n) is 18.7. The van der Waals surface area contributed by atoms with Crippen molar-refractivity contribution in [3.63, 3.8) is 0 Å². The minimum absolute atomic E-state index is 0.0606. The van der Waals surface area contributed by atoms with Crippen molar-refractivity contribution in [1.82, 2.24) is 9.80 Å². The van der Waals surface area contributed by atoms with Crippen LogP contribution in [-0.4, -0.2) is 121 Å². The lowest BCUT2D eigenvalue weighted by Gasteiger charge is -2.10. The summed E-state index contributed by atoms with van der Waals surface area (Å²) in [5.41, 5.74) is 0. The van der Waals surface area contributed by atoms with E-state index in [-0.39, 0.29) is 19.0 Å².